The Balaban J connectivity index is 2.23. The van der Waals surface area contributed by atoms with Gasteiger partial charge in [0, 0.05) is 17.6 Å². The van der Waals surface area contributed by atoms with Gasteiger partial charge < -0.3 is 4.79 Å². The molecule has 0 unspecified atom stereocenters. The summed E-state index contributed by atoms with van der Waals surface area (Å²) in [7, 11) is 0. The van der Waals surface area contributed by atoms with Crippen LogP contribution in [-0.4, -0.2) is 11.5 Å². The molecular weight excluding hydrogens is 324 g/mol. The Labute approximate surface area is 155 Å². The third-order valence-electron chi connectivity index (χ3n) is 5.14. The molecule has 1 aliphatic rings. The molecule has 0 fully saturated rings. The van der Waals surface area contributed by atoms with Crippen molar-refractivity contribution < 1.29 is 4.79 Å². The molecule has 25 heavy (non-hydrogen) atoms. The van der Waals surface area contributed by atoms with Gasteiger partial charge in [-0.1, -0.05) is 85.7 Å². The molecule has 2 aromatic rings. The maximum absolute atomic E-state index is 11.5. The Bertz CT molecular complexity index is 681. The van der Waals surface area contributed by atoms with E-state index in [2.05, 4.69) is 80.6 Å². The Kier molecular flexibility index (Phi) is 5.80. The lowest BCUT2D eigenvalue weighted by Crippen LogP contribution is -2.39. The minimum absolute atomic E-state index is 0.188. The highest BCUT2D eigenvalue weighted by Crippen LogP contribution is 2.57. The first-order chi connectivity index (χ1) is 12.2. The quantitative estimate of drug-likeness (QED) is 0.470. The van der Waals surface area contributed by atoms with E-state index >= 15 is 0 Å². The summed E-state index contributed by atoms with van der Waals surface area (Å²) in [5.41, 5.74) is 3.94. The van der Waals surface area contributed by atoms with Crippen molar-refractivity contribution in [3.63, 3.8) is 0 Å². The Hall–Kier alpha value is -1.80. The number of benzene rings is 2. The molecule has 1 nitrogen and oxygen atoms in total. The van der Waals surface area contributed by atoms with Crippen molar-refractivity contribution >= 4 is 18.0 Å². The predicted octanol–water partition coefficient (Wildman–Crippen LogP) is 6.00. The summed E-state index contributed by atoms with van der Waals surface area (Å²) in [5, 5.41) is 0.480. The Morgan fingerprint density at radius 3 is 2.04 bits per heavy atom. The molecule has 1 heterocycles. The molecule has 0 aromatic heterocycles. The SMILES string of the molecule is CCC[C@@H]1C=C(C)[C@H](CC=O)C(c2ccccc2)(c2ccccc2)S1. The van der Waals surface area contributed by atoms with Gasteiger partial charge in [0.05, 0.1) is 4.75 Å². The van der Waals surface area contributed by atoms with Gasteiger partial charge in [-0.2, -0.15) is 0 Å². The van der Waals surface area contributed by atoms with Crippen molar-refractivity contribution in [1.29, 1.82) is 0 Å². The van der Waals surface area contributed by atoms with Gasteiger partial charge in [-0.3, -0.25) is 0 Å². The molecule has 3 rings (SSSR count). The second kappa shape index (κ2) is 8.05. The van der Waals surface area contributed by atoms with E-state index in [1.54, 1.807) is 0 Å². The summed E-state index contributed by atoms with van der Waals surface area (Å²) in [6.45, 7) is 4.45. The summed E-state index contributed by atoms with van der Waals surface area (Å²) in [6, 6.07) is 21.5. The van der Waals surface area contributed by atoms with E-state index in [9.17, 15) is 4.79 Å². The highest BCUT2D eigenvalue weighted by molar-refractivity contribution is 8.01. The summed E-state index contributed by atoms with van der Waals surface area (Å²) >= 11 is 2.03. The van der Waals surface area contributed by atoms with Crippen LogP contribution in [0.2, 0.25) is 0 Å². The van der Waals surface area contributed by atoms with Crippen molar-refractivity contribution in [2.24, 2.45) is 5.92 Å². The van der Waals surface area contributed by atoms with Crippen molar-refractivity contribution in [3.8, 4) is 0 Å². The smallest absolute Gasteiger partial charge is 0.120 e. The molecule has 0 spiro atoms. The fourth-order valence-electron chi connectivity index (χ4n) is 4.04. The van der Waals surface area contributed by atoms with E-state index in [1.165, 1.54) is 23.1 Å². The van der Waals surface area contributed by atoms with Crippen LogP contribution in [0.5, 0.6) is 0 Å². The Morgan fingerprint density at radius 2 is 1.56 bits per heavy atom. The number of carbonyl (C=O) groups excluding carboxylic acids is 1. The van der Waals surface area contributed by atoms with Gasteiger partial charge in [-0.25, -0.2) is 0 Å². The monoisotopic (exact) mass is 350 g/mol. The van der Waals surface area contributed by atoms with Gasteiger partial charge in [-0.15, -0.1) is 11.8 Å². The van der Waals surface area contributed by atoms with Crippen molar-refractivity contribution in [3.05, 3.63) is 83.4 Å². The third kappa shape index (κ3) is 3.46. The van der Waals surface area contributed by atoms with E-state index in [4.69, 9.17) is 0 Å². The van der Waals surface area contributed by atoms with E-state index in [1.807, 2.05) is 11.8 Å². The first-order valence-electron chi connectivity index (χ1n) is 9.13. The van der Waals surface area contributed by atoms with Gasteiger partial charge in [0.15, 0.2) is 0 Å². The highest BCUT2D eigenvalue weighted by atomic mass is 32.2. The second-order valence-corrected chi connectivity index (χ2v) is 8.26. The second-order valence-electron chi connectivity index (χ2n) is 6.78. The fourth-order valence-corrected chi connectivity index (χ4v) is 6.14. The maximum atomic E-state index is 11.5. The number of rotatable bonds is 6. The molecule has 0 bridgehead atoms. The van der Waals surface area contributed by atoms with Gasteiger partial charge in [0.1, 0.15) is 6.29 Å². The number of carbonyl (C=O) groups is 1. The lowest BCUT2D eigenvalue weighted by atomic mass is 9.74. The van der Waals surface area contributed by atoms with Crippen molar-refractivity contribution in [1.82, 2.24) is 0 Å². The summed E-state index contributed by atoms with van der Waals surface area (Å²) in [5.74, 6) is 0.188. The zero-order valence-electron chi connectivity index (χ0n) is 15.0. The molecule has 0 radical (unpaired) electrons. The lowest BCUT2D eigenvalue weighted by Gasteiger charge is -2.46. The average Bonchev–Trinajstić information content (AvgIpc) is 2.65. The van der Waals surface area contributed by atoms with Crippen LogP contribution in [0.3, 0.4) is 0 Å². The lowest BCUT2D eigenvalue weighted by molar-refractivity contribution is -0.108. The summed E-state index contributed by atoms with van der Waals surface area (Å²) in [4.78, 5) is 11.5. The van der Waals surface area contributed by atoms with Crippen LogP contribution < -0.4 is 0 Å². The van der Waals surface area contributed by atoms with Crippen LogP contribution in [0.15, 0.2) is 72.3 Å². The molecule has 1 aliphatic heterocycles. The molecule has 2 aromatic carbocycles. The molecule has 2 heteroatoms. The molecular formula is C23H26OS. The molecule has 0 aliphatic carbocycles. The fraction of sp³-hybridized carbons (Fsp3) is 0.348. The standard InChI is InChI=1S/C23H26OS/c1-3-10-21-17-18(2)22(15-16-24)23(25-21,19-11-6-4-7-12-19)20-13-8-5-9-14-20/h4-9,11-14,16-17,21-22H,3,10,15H2,1-2H3/t21-,22+/m1/s1. The van der Waals surface area contributed by atoms with Crippen LogP contribution in [0.4, 0.5) is 0 Å². The third-order valence-corrected chi connectivity index (χ3v) is 6.94. The van der Waals surface area contributed by atoms with Gasteiger partial charge in [0.25, 0.3) is 0 Å². The molecule has 2 atom stereocenters. The minimum atomic E-state index is -0.206. The Morgan fingerprint density at radius 1 is 1.00 bits per heavy atom. The number of thioether (sulfide) groups is 1. The molecule has 0 N–H and O–H groups in total. The van der Waals surface area contributed by atoms with E-state index in [0.29, 0.717) is 11.7 Å². The predicted molar refractivity (Wildman–Crippen MR) is 108 cm³/mol. The largest absolute Gasteiger partial charge is 0.303 e. The number of allylic oxidation sites excluding steroid dienone is 1. The zero-order chi connectivity index (χ0) is 17.7. The first-order valence-corrected chi connectivity index (χ1v) is 10.0. The van der Waals surface area contributed by atoms with Gasteiger partial charge in [-0.05, 0) is 24.5 Å². The summed E-state index contributed by atoms with van der Waals surface area (Å²) < 4.78 is -0.206. The van der Waals surface area contributed by atoms with E-state index in [-0.39, 0.29) is 10.7 Å². The van der Waals surface area contributed by atoms with E-state index < -0.39 is 0 Å². The zero-order valence-corrected chi connectivity index (χ0v) is 15.8. The average molecular weight is 351 g/mol. The van der Waals surface area contributed by atoms with Crippen LogP contribution in [0.1, 0.15) is 44.2 Å². The first kappa shape index (κ1) is 18.0. The molecule has 130 valence electrons. The topological polar surface area (TPSA) is 17.1 Å². The van der Waals surface area contributed by atoms with Gasteiger partial charge in [0.2, 0.25) is 0 Å². The molecule has 0 saturated carbocycles. The van der Waals surface area contributed by atoms with Crippen LogP contribution >= 0.6 is 11.8 Å². The normalized spacial score (nSPS) is 22.2. The van der Waals surface area contributed by atoms with Gasteiger partial charge >= 0.3 is 0 Å². The van der Waals surface area contributed by atoms with E-state index in [0.717, 1.165) is 12.7 Å². The number of hydrogen-bond donors (Lipinski definition) is 0. The highest BCUT2D eigenvalue weighted by Gasteiger charge is 2.46. The molecule has 0 saturated heterocycles. The minimum Gasteiger partial charge on any atom is -0.303 e. The summed E-state index contributed by atoms with van der Waals surface area (Å²) in [6.07, 6.45) is 6.37. The van der Waals surface area contributed by atoms with Crippen molar-refractivity contribution in [2.75, 3.05) is 0 Å². The number of aldehydes is 1. The number of hydrogen-bond acceptors (Lipinski definition) is 2. The van der Waals surface area contributed by atoms with Crippen molar-refractivity contribution in [2.45, 2.75) is 43.1 Å². The van der Waals surface area contributed by atoms with Crippen LogP contribution in [0, 0.1) is 5.92 Å². The maximum Gasteiger partial charge on any atom is 0.120 e. The van der Waals surface area contributed by atoms with Crippen LogP contribution in [-0.2, 0) is 9.54 Å². The molecule has 0 amide bonds. The van der Waals surface area contributed by atoms with Crippen LogP contribution in [0.25, 0.3) is 0 Å².